The predicted octanol–water partition coefficient (Wildman–Crippen LogP) is 3.11. The first kappa shape index (κ1) is 8.02. The Kier molecular flexibility index (Phi) is 2.32. The van der Waals surface area contributed by atoms with E-state index in [1.807, 2.05) is 19.9 Å². The number of aryl methyl sites for hydroxylation is 2. The third-order valence-electron chi connectivity index (χ3n) is 1.21. The van der Waals surface area contributed by atoms with Crippen LogP contribution in [-0.4, -0.2) is 4.98 Å². The smallest absolute Gasteiger partial charge is 0.0584 e. The van der Waals surface area contributed by atoms with Crippen molar-refractivity contribution in [2.24, 2.45) is 0 Å². The van der Waals surface area contributed by atoms with Gasteiger partial charge >= 0.3 is 0 Å². The minimum absolute atomic E-state index is 0.727. The number of nitrogens with zero attached hydrogens (tertiary/aromatic N) is 1. The van der Waals surface area contributed by atoms with Crippen molar-refractivity contribution in [2.45, 2.75) is 13.8 Å². The van der Waals surface area contributed by atoms with Gasteiger partial charge in [-0.05, 0) is 35.8 Å². The maximum atomic E-state index is 5.83. The predicted molar refractivity (Wildman–Crippen MR) is 46.4 cm³/mol. The van der Waals surface area contributed by atoms with Crippen LogP contribution in [0.5, 0.6) is 0 Å². The van der Waals surface area contributed by atoms with E-state index in [9.17, 15) is 0 Å². The lowest BCUT2D eigenvalue weighted by Crippen LogP contribution is -1.87. The van der Waals surface area contributed by atoms with E-state index < -0.39 is 0 Å². The van der Waals surface area contributed by atoms with Gasteiger partial charge in [0, 0.05) is 5.69 Å². The molecule has 1 heterocycles. The topological polar surface area (TPSA) is 12.9 Å². The first-order chi connectivity index (χ1) is 4.61. The summed E-state index contributed by atoms with van der Waals surface area (Å²) in [7, 11) is 0. The van der Waals surface area contributed by atoms with Gasteiger partial charge in [0.2, 0.25) is 0 Å². The summed E-state index contributed by atoms with van der Waals surface area (Å²) in [4.78, 5) is 4.20. The molecular weight excluding hydrogens is 213 g/mol. The Morgan fingerprint density at radius 3 is 2.60 bits per heavy atom. The van der Waals surface area contributed by atoms with Crippen LogP contribution < -0.4 is 0 Å². The summed E-state index contributed by atoms with van der Waals surface area (Å²) in [5.41, 5.74) is 1.88. The van der Waals surface area contributed by atoms with Crippen LogP contribution >= 0.6 is 27.5 Å². The van der Waals surface area contributed by atoms with Crippen molar-refractivity contribution in [3.63, 3.8) is 0 Å². The number of aromatic nitrogens is 1. The van der Waals surface area contributed by atoms with E-state index in [1.54, 1.807) is 0 Å². The van der Waals surface area contributed by atoms with Crippen molar-refractivity contribution in [2.75, 3.05) is 0 Å². The number of pyridine rings is 1. The minimum atomic E-state index is 0.727. The molecule has 0 spiro atoms. The van der Waals surface area contributed by atoms with Gasteiger partial charge in [-0.2, -0.15) is 0 Å². The van der Waals surface area contributed by atoms with E-state index in [0.717, 1.165) is 20.9 Å². The molecule has 1 aromatic heterocycles. The molecule has 0 bridgehead atoms. The lowest BCUT2D eigenvalue weighted by atomic mass is 10.3. The number of hydrogen-bond acceptors (Lipinski definition) is 1. The highest BCUT2D eigenvalue weighted by atomic mass is 79.9. The second-order valence-corrected chi connectivity index (χ2v) is 3.35. The van der Waals surface area contributed by atoms with E-state index >= 15 is 0 Å². The first-order valence-electron chi connectivity index (χ1n) is 2.90. The fourth-order valence-corrected chi connectivity index (χ4v) is 1.26. The second kappa shape index (κ2) is 2.89. The van der Waals surface area contributed by atoms with E-state index in [2.05, 4.69) is 20.9 Å². The molecule has 0 saturated carbocycles. The molecule has 1 rings (SSSR count). The summed E-state index contributed by atoms with van der Waals surface area (Å²) >= 11 is 9.15. The fourth-order valence-electron chi connectivity index (χ4n) is 0.765. The van der Waals surface area contributed by atoms with Gasteiger partial charge in [-0.15, -0.1) is 0 Å². The largest absolute Gasteiger partial charge is 0.257 e. The molecule has 0 fully saturated rings. The van der Waals surface area contributed by atoms with Crippen molar-refractivity contribution in [3.8, 4) is 0 Å². The fraction of sp³-hybridized carbons (Fsp3) is 0.286. The van der Waals surface area contributed by atoms with Crippen LogP contribution in [0.3, 0.4) is 0 Å². The zero-order valence-electron chi connectivity index (χ0n) is 5.78. The highest BCUT2D eigenvalue weighted by Crippen LogP contribution is 2.24. The molecule has 0 saturated heterocycles. The highest BCUT2D eigenvalue weighted by Gasteiger charge is 2.01. The molecule has 0 aliphatic heterocycles. The average molecular weight is 220 g/mol. The zero-order valence-corrected chi connectivity index (χ0v) is 8.12. The maximum Gasteiger partial charge on any atom is 0.0584 e. The van der Waals surface area contributed by atoms with Gasteiger partial charge in [0.05, 0.1) is 15.2 Å². The molecule has 0 radical (unpaired) electrons. The van der Waals surface area contributed by atoms with Crippen molar-refractivity contribution >= 4 is 27.5 Å². The number of halogens is 2. The lowest BCUT2D eigenvalue weighted by molar-refractivity contribution is 1.11. The molecule has 3 heteroatoms. The third kappa shape index (κ3) is 1.50. The molecule has 0 aromatic carbocycles. The van der Waals surface area contributed by atoms with Crippen molar-refractivity contribution < 1.29 is 0 Å². The average Bonchev–Trinajstić information content (AvgIpc) is 1.82. The van der Waals surface area contributed by atoms with E-state index in [1.165, 1.54) is 0 Å². The number of hydrogen-bond donors (Lipinski definition) is 0. The van der Waals surface area contributed by atoms with Crippen molar-refractivity contribution in [1.29, 1.82) is 0 Å². The normalized spacial score (nSPS) is 10.0. The molecule has 54 valence electrons. The lowest BCUT2D eigenvalue weighted by Gasteiger charge is -2.00. The SMILES string of the molecule is Cc1cc(Cl)c(Br)c(C)n1. The molecule has 0 N–H and O–H groups in total. The Morgan fingerprint density at radius 2 is 2.10 bits per heavy atom. The molecule has 1 aromatic rings. The van der Waals surface area contributed by atoms with Gasteiger partial charge < -0.3 is 0 Å². The van der Waals surface area contributed by atoms with Crippen LogP contribution in [0.1, 0.15) is 11.4 Å². The molecule has 0 unspecified atom stereocenters. The van der Waals surface area contributed by atoms with Gasteiger partial charge in [-0.3, -0.25) is 4.98 Å². The van der Waals surface area contributed by atoms with E-state index in [4.69, 9.17) is 11.6 Å². The Hall–Kier alpha value is -0.0800. The van der Waals surface area contributed by atoms with Crippen LogP contribution in [0.2, 0.25) is 5.02 Å². The van der Waals surface area contributed by atoms with Gasteiger partial charge in [0.15, 0.2) is 0 Å². The monoisotopic (exact) mass is 219 g/mol. The molecule has 1 nitrogen and oxygen atoms in total. The quantitative estimate of drug-likeness (QED) is 0.655. The van der Waals surface area contributed by atoms with Crippen LogP contribution in [0, 0.1) is 13.8 Å². The van der Waals surface area contributed by atoms with Crippen LogP contribution in [0.15, 0.2) is 10.5 Å². The highest BCUT2D eigenvalue weighted by molar-refractivity contribution is 9.10. The summed E-state index contributed by atoms with van der Waals surface area (Å²) in [6.45, 7) is 3.84. The standard InChI is InChI=1S/C7H7BrClN/c1-4-3-6(9)7(8)5(2)10-4/h3H,1-2H3. The second-order valence-electron chi connectivity index (χ2n) is 2.14. The maximum absolute atomic E-state index is 5.83. The Balaban J connectivity index is 3.31. The Morgan fingerprint density at radius 1 is 1.50 bits per heavy atom. The minimum Gasteiger partial charge on any atom is -0.257 e. The molecule has 0 amide bonds. The van der Waals surface area contributed by atoms with Gasteiger partial charge in [0.25, 0.3) is 0 Å². The first-order valence-corrected chi connectivity index (χ1v) is 4.07. The summed E-state index contributed by atoms with van der Waals surface area (Å²) in [6, 6.07) is 1.83. The van der Waals surface area contributed by atoms with Crippen molar-refractivity contribution in [1.82, 2.24) is 4.98 Å². The van der Waals surface area contributed by atoms with Gasteiger partial charge in [0.1, 0.15) is 0 Å². The van der Waals surface area contributed by atoms with E-state index in [0.29, 0.717) is 0 Å². The molecule has 10 heavy (non-hydrogen) atoms. The van der Waals surface area contributed by atoms with Crippen LogP contribution in [0.4, 0.5) is 0 Å². The summed E-state index contributed by atoms with van der Waals surface area (Å²) < 4.78 is 0.889. The number of rotatable bonds is 0. The third-order valence-corrected chi connectivity index (χ3v) is 2.73. The van der Waals surface area contributed by atoms with Crippen molar-refractivity contribution in [3.05, 3.63) is 26.9 Å². The molecular formula is C7H7BrClN. The summed E-state index contributed by atoms with van der Waals surface area (Å²) in [5.74, 6) is 0. The molecule has 0 atom stereocenters. The zero-order chi connectivity index (χ0) is 7.72. The Bertz CT molecular complexity index is 237. The Labute approximate surface area is 73.6 Å². The molecule has 0 aliphatic rings. The summed E-state index contributed by atoms with van der Waals surface area (Å²) in [6.07, 6.45) is 0. The van der Waals surface area contributed by atoms with Gasteiger partial charge in [-0.1, -0.05) is 11.6 Å². The van der Waals surface area contributed by atoms with Crippen LogP contribution in [0.25, 0.3) is 0 Å². The summed E-state index contributed by atoms with van der Waals surface area (Å²) in [5, 5.41) is 0.727. The van der Waals surface area contributed by atoms with Gasteiger partial charge in [-0.25, -0.2) is 0 Å². The van der Waals surface area contributed by atoms with Crippen LogP contribution in [-0.2, 0) is 0 Å². The molecule has 0 aliphatic carbocycles. The van der Waals surface area contributed by atoms with E-state index in [-0.39, 0.29) is 0 Å².